The first-order valence-electron chi connectivity index (χ1n) is 7.55. The highest BCUT2D eigenvalue weighted by Gasteiger charge is 2.41. The molecule has 0 radical (unpaired) electrons. The lowest BCUT2D eigenvalue weighted by Crippen LogP contribution is -2.39. The Morgan fingerprint density at radius 3 is 2.60 bits per heavy atom. The molecule has 0 aromatic heterocycles. The Kier molecular flexibility index (Phi) is 4.18. The summed E-state index contributed by atoms with van der Waals surface area (Å²) in [5.41, 5.74) is 0.889. The molecule has 1 saturated heterocycles. The highest BCUT2D eigenvalue weighted by atomic mass is 32.2. The van der Waals surface area contributed by atoms with E-state index in [9.17, 15) is 4.79 Å². The van der Waals surface area contributed by atoms with Crippen molar-refractivity contribution in [2.45, 2.75) is 49.0 Å². The van der Waals surface area contributed by atoms with Gasteiger partial charge in [-0.15, -0.1) is 11.8 Å². The van der Waals surface area contributed by atoms with Crippen LogP contribution >= 0.6 is 11.8 Å². The van der Waals surface area contributed by atoms with Gasteiger partial charge in [0.25, 0.3) is 0 Å². The average Bonchev–Trinajstić information content (AvgIpc) is 2.94. The highest BCUT2D eigenvalue weighted by Crippen LogP contribution is 2.42. The third-order valence-electron chi connectivity index (χ3n) is 4.75. The minimum atomic E-state index is 0.0256. The van der Waals surface area contributed by atoms with Crippen molar-refractivity contribution in [3.8, 4) is 0 Å². The molecule has 1 aromatic carbocycles. The van der Waals surface area contributed by atoms with E-state index in [1.165, 1.54) is 17.7 Å². The Bertz CT molecular complexity index is 474. The summed E-state index contributed by atoms with van der Waals surface area (Å²) in [6, 6.07) is 8.04. The van der Waals surface area contributed by atoms with Crippen LogP contribution in [0.15, 0.2) is 29.2 Å². The zero-order valence-electron chi connectivity index (χ0n) is 12.1. The predicted octanol–water partition coefficient (Wildman–Crippen LogP) is 4.33. The van der Waals surface area contributed by atoms with Crippen LogP contribution in [0.1, 0.15) is 48.9 Å². The van der Waals surface area contributed by atoms with Crippen LogP contribution in [0.5, 0.6) is 0 Å². The van der Waals surface area contributed by atoms with Gasteiger partial charge in [0.1, 0.15) is 0 Å². The van der Waals surface area contributed by atoms with Gasteiger partial charge in [0.2, 0.25) is 0 Å². The van der Waals surface area contributed by atoms with E-state index in [2.05, 4.69) is 6.26 Å². The number of benzene rings is 1. The van der Waals surface area contributed by atoms with E-state index in [1.807, 2.05) is 24.3 Å². The Hall–Kier alpha value is -0.800. The van der Waals surface area contributed by atoms with Crippen molar-refractivity contribution in [2.24, 2.45) is 5.92 Å². The molecule has 1 unspecified atom stereocenters. The minimum absolute atomic E-state index is 0.0256. The van der Waals surface area contributed by atoms with Crippen molar-refractivity contribution in [1.82, 2.24) is 0 Å². The monoisotopic (exact) mass is 290 g/mol. The summed E-state index contributed by atoms with van der Waals surface area (Å²) in [4.78, 5) is 13.9. The second-order valence-corrected chi connectivity index (χ2v) is 6.90. The molecular formula is C17H22O2S. The molecule has 1 aromatic rings. The van der Waals surface area contributed by atoms with E-state index in [0.717, 1.165) is 37.9 Å². The molecular weight excluding hydrogens is 268 g/mol. The molecule has 1 saturated carbocycles. The van der Waals surface area contributed by atoms with Crippen molar-refractivity contribution in [3.05, 3.63) is 29.8 Å². The Labute approximate surface area is 125 Å². The molecule has 2 aliphatic rings. The van der Waals surface area contributed by atoms with Gasteiger partial charge < -0.3 is 4.74 Å². The predicted molar refractivity (Wildman–Crippen MR) is 82.4 cm³/mol. The van der Waals surface area contributed by atoms with E-state index in [4.69, 9.17) is 4.74 Å². The van der Waals surface area contributed by atoms with Gasteiger partial charge in [0, 0.05) is 23.0 Å². The second kappa shape index (κ2) is 5.90. The summed E-state index contributed by atoms with van der Waals surface area (Å²) < 4.78 is 6.02. The van der Waals surface area contributed by atoms with Crippen molar-refractivity contribution in [2.75, 3.05) is 12.9 Å². The molecule has 1 atom stereocenters. The third kappa shape index (κ3) is 2.79. The number of carbonyl (C=O) groups excluding carboxylic acids is 1. The summed E-state index contributed by atoms with van der Waals surface area (Å²) >= 11 is 1.71. The number of ketones is 1. The van der Waals surface area contributed by atoms with Crippen LogP contribution in [0, 0.1) is 5.92 Å². The van der Waals surface area contributed by atoms with Crippen LogP contribution in [-0.4, -0.2) is 24.2 Å². The highest BCUT2D eigenvalue weighted by molar-refractivity contribution is 7.98. The number of hydrogen-bond acceptors (Lipinski definition) is 3. The van der Waals surface area contributed by atoms with Crippen LogP contribution in [0.3, 0.4) is 0 Å². The van der Waals surface area contributed by atoms with Crippen LogP contribution in [-0.2, 0) is 4.74 Å². The number of carbonyl (C=O) groups is 1. The fourth-order valence-corrected chi connectivity index (χ4v) is 4.02. The SMILES string of the molecule is CSc1ccc(C(=O)C2CCOC3(CCCC3)C2)cc1. The molecule has 108 valence electrons. The molecule has 3 rings (SSSR count). The minimum Gasteiger partial charge on any atom is -0.375 e. The van der Waals surface area contributed by atoms with Gasteiger partial charge in [-0.1, -0.05) is 25.0 Å². The normalized spacial score (nSPS) is 24.9. The van der Waals surface area contributed by atoms with E-state index in [0.29, 0.717) is 5.78 Å². The maximum atomic E-state index is 12.7. The second-order valence-electron chi connectivity index (χ2n) is 6.02. The molecule has 20 heavy (non-hydrogen) atoms. The first-order valence-corrected chi connectivity index (χ1v) is 8.77. The van der Waals surface area contributed by atoms with Crippen molar-refractivity contribution < 1.29 is 9.53 Å². The number of Topliss-reactive ketones (excluding diaryl/α,β-unsaturated/α-hetero) is 1. The standard InChI is InChI=1S/C17H22O2S/c1-20-15-6-4-13(5-7-15)16(18)14-8-11-19-17(12-14)9-2-3-10-17/h4-7,14H,2-3,8-12H2,1H3. The molecule has 2 fully saturated rings. The number of thioether (sulfide) groups is 1. The Balaban J connectivity index is 1.72. The molecule has 2 nitrogen and oxygen atoms in total. The zero-order chi connectivity index (χ0) is 14.0. The maximum absolute atomic E-state index is 12.7. The first-order chi connectivity index (χ1) is 9.72. The van der Waals surface area contributed by atoms with Gasteiger partial charge in [-0.2, -0.15) is 0 Å². The molecule has 3 heteroatoms. The number of rotatable bonds is 3. The van der Waals surface area contributed by atoms with Gasteiger partial charge in [-0.05, 0) is 44.1 Å². The summed E-state index contributed by atoms with van der Waals surface area (Å²) in [7, 11) is 0. The van der Waals surface area contributed by atoms with Gasteiger partial charge >= 0.3 is 0 Å². The summed E-state index contributed by atoms with van der Waals surface area (Å²) in [5, 5.41) is 0. The fourth-order valence-electron chi connectivity index (χ4n) is 3.61. The Morgan fingerprint density at radius 2 is 1.95 bits per heavy atom. The van der Waals surface area contributed by atoms with Gasteiger partial charge in [0.15, 0.2) is 5.78 Å². The third-order valence-corrected chi connectivity index (χ3v) is 5.50. The van der Waals surface area contributed by atoms with Gasteiger partial charge in [0.05, 0.1) is 5.60 Å². The lowest BCUT2D eigenvalue weighted by molar-refractivity contribution is -0.0866. The molecule has 0 bridgehead atoms. The smallest absolute Gasteiger partial charge is 0.166 e. The summed E-state index contributed by atoms with van der Waals surface area (Å²) in [5.74, 6) is 0.467. The molecule has 1 heterocycles. The largest absolute Gasteiger partial charge is 0.375 e. The lowest BCUT2D eigenvalue weighted by Gasteiger charge is -2.37. The summed E-state index contributed by atoms with van der Waals surface area (Å²) in [6.45, 7) is 0.749. The van der Waals surface area contributed by atoms with Crippen LogP contribution in [0.2, 0.25) is 0 Å². The van der Waals surface area contributed by atoms with E-state index < -0.39 is 0 Å². The van der Waals surface area contributed by atoms with Crippen LogP contribution in [0.4, 0.5) is 0 Å². The van der Waals surface area contributed by atoms with Crippen LogP contribution < -0.4 is 0 Å². The molecule has 1 spiro atoms. The van der Waals surface area contributed by atoms with E-state index in [1.54, 1.807) is 11.8 Å². The van der Waals surface area contributed by atoms with Crippen molar-refractivity contribution in [3.63, 3.8) is 0 Å². The lowest BCUT2D eigenvalue weighted by atomic mass is 9.81. The van der Waals surface area contributed by atoms with Crippen molar-refractivity contribution in [1.29, 1.82) is 0 Å². The van der Waals surface area contributed by atoms with Crippen molar-refractivity contribution >= 4 is 17.5 Å². The maximum Gasteiger partial charge on any atom is 0.166 e. The summed E-state index contributed by atoms with van der Waals surface area (Å²) in [6.07, 6.45) is 8.65. The number of ether oxygens (including phenoxy) is 1. The fraction of sp³-hybridized carbons (Fsp3) is 0.588. The molecule has 0 amide bonds. The van der Waals surface area contributed by atoms with Gasteiger partial charge in [-0.3, -0.25) is 4.79 Å². The van der Waals surface area contributed by atoms with Crippen LogP contribution in [0.25, 0.3) is 0 Å². The van der Waals surface area contributed by atoms with E-state index >= 15 is 0 Å². The molecule has 1 aliphatic heterocycles. The quantitative estimate of drug-likeness (QED) is 0.612. The van der Waals surface area contributed by atoms with E-state index in [-0.39, 0.29) is 11.5 Å². The topological polar surface area (TPSA) is 26.3 Å². The average molecular weight is 290 g/mol. The molecule has 0 N–H and O–H groups in total. The number of hydrogen-bond donors (Lipinski definition) is 0. The first kappa shape index (κ1) is 14.2. The molecule has 1 aliphatic carbocycles. The van der Waals surface area contributed by atoms with Gasteiger partial charge in [-0.25, -0.2) is 0 Å². The Morgan fingerprint density at radius 1 is 1.25 bits per heavy atom. The zero-order valence-corrected chi connectivity index (χ0v) is 12.9.